The van der Waals surface area contributed by atoms with E-state index in [1.807, 2.05) is 20.8 Å². The second kappa shape index (κ2) is 7.11. The topological polar surface area (TPSA) is 75.4 Å². The van der Waals surface area contributed by atoms with Crippen molar-refractivity contribution < 1.29 is 14.1 Å². The first kappa shape index (κ1) is 18.5. The fraction of sp³-hybridized carbons (Fsp3) is 0.421. The zero-order chi connectivity index (χ0) is 18.9. The molecule has 2 aromatic rings. The second-order valence-corrected chi connectivity index (χ2v) is 7.90. The molecule has 0 spiro atoms. The Morgan fingerprint density at radius 2 is 2.00 bits per heavy atom. The molecule has 138 valence electrons. The Morgan fingerprint density at radius 3 is 2.62 bits per heavy atom. The number of nitrogens with zero attached hydrogens (tertiary/aromatic N) is 2. The molecule has 1 aromatic heterocycles. The molecule has 0 radical (unpaired) electrons. The molecule has 0 saturated carbocycles. The van der Waals surface area contributed by atoms with Gasteiger partial charge in [-0.2, -0.15) is 0 Å². The molecule has 7 heteroatoms. The maximum atomic E-state index is 12.8. The van der Waals surface area contributed by atoms with Crippen LogP contribution in [0, 0.1) is 0 Å². The summed E-state index contributed by atoms with van der Waals surface area (Å²) in [6.45, 7) is 6.04. The highest BCUT2D eigenvalue weighted by Crippen LogP contribution is 2.29. The Balaban J connectivity index is 1.80. The lowest BCUT2D eigenvalue weighted by Gasteiger charge is -2.34. The second-order valence-electron chi connectivity index (χ2n) is 7.46. The SMILES string of the molecule is CC(C)(C)c1cc(NC(=O)[C@@H]2CCCC(=O)N2c2ccc(Cl)cc2)on1. The number of carbonyl (C=O) groups excluding carboxylic acids is 2. The molecule has 1 saturated heterocycles. The van der Waals surface area contributed by atoms with Crippen molar-refractivity contribution >= 4 is 35.0 Å². The molecule has 2 heterocycles. The summed E-state index contributed by atoms with van der Waals surface area (Å²) in [6.07, 6.45) is 1.67. The minimum atomic E-state index is -0.597. The van der Waals surface area contributed by atoms with Crippen LogP contribution in [-0.2, 0) is 15.0 Å². The largest absolute Gasteiger partial charge is 0.338 e. The van der Waals surface area contributed by atoms with Crippen LogP contribution in [0.1, 0.15) is 45.7 Å². The summed E-state index contributed by atoms with van der Waals surface area (Å²) in [6, 6.07) is 8.03. The van der Waals surface area contributed by atoms with Gasteiger partial charge in [0.2, 0.25) is 17.7 Å². The van der Waals surface area contributed by atoms with E-state index in [1.165, 1.54) is 4.90 Å². The third-order valence-corrected chi connectivity index (χ3v) is 4.63. The Hall–Kier alpha value is -2.34. The highest BCUT2D eigenvalue weighted by atomic mass is 35.5. The lowest BCUT2D eigenvalue weighted by Crippen LogP contribution is -2.50. The minimum Gasteiger partial charge on any atom is -0.338 e. The van der Waals surface area contributed by atoms with Gasteiger partial charge >= 0.3 is 0 Å². The van der Waals surface area contributed by atoms with E-state index in [1.54, 1.807) is 30.3 Å². The third kappa shape index (κ3) is 3.90. The van der Waals surface area contributed by atoms with Gasteiger partial charge < -0.3 is 4.52 Å². The lowest BCUT2D eigenvalue weighted by molar-refractivity contribution is -0.125. The number of carbonyl (C=O) groups is 2. The molecule has 1 aromatic carbocycles. The lowest BCUT2D eigenvalue weighted by atomic mass is 9.92. The maximum Gasteiger partial charge on any atom is 0.249 e. The maximum absolute atomic E-state index is 12.8. The van der Waals surface area contributed by atoms with Crippen LogP contribution in [0.4, 0.5) is 11.6 Å². The van der Waals surface area contributed by atoms with Gasteiger partial charge in [0, 0.05) is 28.6 Å². The number of nitrogens with one attached hydrogen (secondary N) is 1. The fourth-order valence-electron chi connectivity index (χ4n) is 2.94. The molecule has 1 aliphatic heterocycles. The molecule has 1 atom stereocenters. The summed E-state index contributed by atoms with van der Waals surface area (Å²) in [4.78, 5) is 26.8. The van der Waals surface area contributed by atoms with Gasteiger partial charge in [0.15, 0.2) is 0 Å². The van der Waals surface area contributed by atoms with Crippen molar-refractivity contribution in [3.8, 4) is 0 Å². The van der Waals surface area contributed by atoms with Gasteiger partial charge in [0.25, 0.3) is 0 Å². The van der Waals surface area contributed by atoms with Gasteiger partial charge in [0.05, 0.1) is 5.69 Å². The zero-order valence-electron chi connectivity index (χ0n) is 15.1. The summed E-state index contributed by atoms with van der Waals surface area (Å²) < 4.78 is 5.23. The predicted molar refractivity (Wildman–Crippen MR) is 100 cm³/mol. The Morgan fingerprint density at radius 1 is 1.31 bits per heavy atom. The summed E-state index contributed by atoms with van der Waals surface area (Å²) in [7, 11) is 0. The number of aromatic nitrogens is 1. The van der Waals surface area contributed by atoms with E-state index in [4.69, 9.17) is 16.1 Å². The minimum absolute atomic E-state index is 0.0772. The number of rotatable bonds is 3. The summed E-state index contributed by atoms with van der Waals surface area (Å²) in [5.74, 6) is -0.0784. The Bertz CT molecular complexity index is 808. The van der Waals surface area contributed by atoms with Crippen LogP contribution in [0.15, 0.2) is 34.9 Å². The fourth-order valence-corrected chi connectivity index (χ4v) is 3.06. The molecular weight excluding hydrogens is 354 g/mol. The van der Waals surface area contributed by atoms with Crippen LogP contribution < -0.4 is 10.2 Å². The predicted octanol–water partition coefficient (Wildman–Crippen LogP) is 4.15. The standard InChI is InChI=1S/C19H22ClN3O3/c1-19(2,3)15-11-16(26-22-15)21-18(25)14-5-4-6-17(24)23(14)13-9-7-12(20)8-10-13/h7-11,14H,4-6H2,1-3H3,(H,21,25)/t14-/m0/s1. The van der Waals surface area contributed by atoms with E-state index in [0.29, 0.717) is 30.0 Å². The number of piperidine rings is 1. The molecule has 1 fully saturated rings. The van der Waals surface area contributed by atoms with Gasteiger partial charge in [-0.3, -0.25) is 19.8 Å². The average Bonchev–Trinajstić information content (AvgIpc) is 3.04. The first-order valence-corrected chi connectivity index (χ1v) is 8.99. The van der Waals surface area contributed by atoms with Crippen LogP contribution in [0.5, 0.6) is 0 Å². The van der Waals surface area contributed by atoms with Crippen molar-refractivity contribution in [3.63, 3.8) is 0 Å². The van der Waals surface area contributed by atoms with Gasteiger partial charge in [-0.15, -0.1) is 0 Å². The molecule has 2 amide bonds. The molecule has 0 aliphatic carbocycles. The highest BCUT2D eigenvalue weighted by molar-refractivity contribution is 6.30. The first-order valence-electron chi connectivity index (χ1n) is 8.61. The average molecular weight is 376 g/mol. The van der Waals surface area contributed by atoms with Crippen LogP contribution in [0.25, 0.3) is 0 Å². The van der Waals surface area contributed by atoms with E-state index >= 15 is 0 Å². The van der Waals surface area contributed by atoms with Crippen molar-refractivity contribution in [2.45, 2.75) is 51.5 Å². The summed E-state index contributed by atoms with van der Waals surface area (Å²) in [5, 5.41) is 7.33. The van der Waals surface area contributed by atoms with Gasteiger partial charge in [-0.05, 0) is 37.1 Å². The van der Waals surface area contributed by atoms with Gasteiger partial charge in [-0.25, -0.2) is 0 Å². The van der Waals surface area contributed by atoms with Crippen molar-refractivity contribution in [2.24, 2.45) is 0 Å². The normalized spacial score (nSPS) is 18.1. The van der Waals surface area contributed by atoms with Crippen LogP contribution in [0.2, 0.25) is 5.02 Å². The van der Waals surface area contributed by atoms with E-state index in [-0.39, 0.29) is 23.1 Å². The quantitative estimate of drug-likeness (QED) is 0.874. The molecule has 26 heavy (non-hydrogen) atoms. The molecule has 6 nitrogen and oxygen atoms in total. The zero-order valence-corrected chi connectivity index (χ0v) is 15.8. The summed E-state index contributed by atoms with van der Waals surface area (Å²) in [5.41, 5.74) is 1.23. The van der Waals surface area contributed by atoms with E-state index in [0.717, 1.165) is 5.69 Å². The molecule has 1 aliphatic rings. The smallest absolute Gasteiger partial charge is 0.249 e. The first-order chi connectivity index (χ1) is 12.3. The number of anilines is 2. The van der Waals surface area contributed by atoms with Crippen LogP contribution in [0.3, 0.4) is 0 Å². The van der Waals surface area contributed by atoms with Crippen molar-refractivity contribution in [2.75, 3.05) is 10.2 Å². The van der Waals surface area contributed by atoms with Crippen LogP contribution >= 0.6 is 11.6 Å². The number of hydrogen-bond acceptors (Lipinski definition) is 4. The van der Waals surface area contributed by atoms with Gasteiger partial charge in [-0.1, -0.05) is 37.5 Å². The Labute approximate surface area is 157 Å². The molecule has 1 N–H and O–H groups in total. The summed E-state index contributed by atoms with van der Waals surface area (Å²) >= 11 is 5.93. The highest BCUT2D eigenvalue weighted by Gasteiger charge is 2.35. The van der Waals surface area contributed by atoms with Crippen molar-refractivity contribution in [3.05, 3.63) is 41.0 Å². The number of benzene rings is 1. The van der Waals surface area contributed by atoms with E-state index in [9.17, 15) is 9.59 Å². The number of hydrogen-bond donors (Lipinski definition) is 1. The molecule has 3 rings (SSSR count). The van der Waals surface area contributed by atoms with E-state index in [2.05, 4.69) is 10.5 Å². The van der Waals surface area contributed by atoms with Crippen molar-refractivity contribution in [1.82, 2.24) is 5.16 Å². The molecular formula is C19H22ClN3O3. The third-order valence-electron chi connectivity index (χ3n) is 4.38. The van der Waals surface area contributed by atoms with Gasteiger partial charge in [0.1, 0.15) is 6.04 Å². The molecule has 0 bridgehead atoms. The van der Waals surface area contributed by atoms with Crippen LogP contribution in [-0.4, -0.2) is 23.0 Å². The number of halogens is 1. The molecule has 0 unspecified atom stereocenters. The monoisotopic (exact) mass is 375 g/mol. The number of amides is 2. The van der Waals surface area contributed by atoms with E-state index < -0.39 is 6.04 Å². The Kier molecular flexibility index (Phi) is 5.05. The van der Waals surface area contributed by atoms with Crippen molar-refractivity contribution in [1.29, 1.82) is 0 Å².